The molecule has 0 bridgehead atoms. The first-order valence-electron chi connectivity index (χ1n) is 5.67. The van der Waals surface area contributed by atoms with E-state index in [4.69, 9.17) is 9.84 Å². The van der Waals surface area contributed by atoms with Crippen LogP contribution in [0.2, 0.25) is 0 Å². The van der Waals surface area contributed by atoms with E-state index >= 15 is 0 Å². The number of anilines is 1. The summed E-state index contributed by atoms with van der Waals surface area (Å²) in [6, 6.07) is 0. The Morgan fingerprint density at radius 2 is 2.29 bits per heavy atom. The molecule has 1 aromatic heterocycles. The highest BCUT2D eigenvalue weighted by atomic mass is 16.5. The molecule has 2 N–H and O–H groups in total. The van der Waals surface area contributed by atoms with Crippen LogP contribution in [0.25, 0.3) is 0 Å². The van der Waals surface area contributed by atoms with Gasteiger partial charge in [0.05, 0.1) is 6.10 Å². The summed E-state index contributed by atoms with van der Waals surface area (Å²) < 4.78 is 5.54. The third-order valence-electron chi connectivity index (χ3n) is 2.67. The molecule has 1 fully saturated rings. The quantitative estimate of drug-likeness (QED) is 0.817. The molecule has 1 atom stereocenters. The number of hydrogen-bond donors (Lipinski definition) is 2. The molecule has 0 amide bonds. The van der Waals surface area contributed by atoms with Crippen LogP contribution in [-0.2, 0) is 4.74 Å². The molecule has 0 radical (unpaired) electrons. The maximum absolute atomic E-state index is 10.9. The minimum atomic E-state index is -1.08. The fraction of sp³-hybridized carbons (Fsp3) is 0.545. The molecule has 6 nitrogen and oxygen atoms in total. The van der Waals surface area contributed by atoms with E-state index in [2.05, 4.69) is 15.3 Å². The zero-order valence-corrected chi connectivity index (χ0v) is 9.43. The number of aromatic nitrogens is 2. The molecule has 0 aliphatic carbocycles. The summed E-state index contributed by atoms with van der Waals surface area (Å²) in [5, 5.41) is 11.9. The first kappa shape index (κ1) is 11.8. The monoisotopic (exact) mass is 237 g/mol. The van der Waals surface area contributed by atoms with Gasteiger partial charge in [0.25, 0.3) is 0 Å². The van der Waals surface area contributed by atoms with Crippen LogP contribution in [0.4, 0.5) is 5.82 Å². The normalized spacial score (nSPS) is 19.9. The Morgan fingerprint density at radius 3 is 3.00 bits per heavy atom. The zero-order valence-electron chi connectivity index (χ0n) is 9.43. The first-order valence-corrected chi connectivity index (χ1v) is 5.67. The second-order valence-corrected chi connectivity index (χ2v) is 3.93. The molecular weight excluding hydrogens is 222 g/mol. The van der Waals surface area contributed by atoms with E-state index in [1.165, 1.54) is 12.4 Å². The first-order chi connectivity index (χ1) is 8.27. The van der Waals surface area contributed by atoms with Crippen LogP contribution in [0.5, 0.6) is 0 Å². The van der Waals surface area contributed by atoms with Gasteiger partial charge < -0.3 is 15.2 Å². The van der Waals surface area contributed by atoms with Crippen molar-refractivity contribution >= 4 is 11.8 Å². The highest BCUT2D eigenvalue weighted by Crippen LogP contribution is 2.14. The van der Waals surface area contributed by atoms with Crippen molar-refractivity contribution < 1.29 is 14.6 Å². The number of carboxylic acid groups (broad SMARTS) is 1. The highest BCUT2D eigenvalue weighted by molar-refractivity contribution is 5.90. The van der Waals surface area contributed by atoms with Crippen LogP contribution >= 0.6 is 0 Å². The number of hydrogen-bond acceptors (Lipinski definition) is 5. The van der Waals surface area contributed by atoms with Crippen LogP contribution in [0.15, 0.2) is 12.4 Å². The molecule has 1 aromatic rings. The third-order valence-corrected chi connectivity index (χ3v) is 2.67. The molecule has 0 aromatic carbocycles. The summed E-state index contributed by atoms with van der Waals surface area (Å²) in [6.45, 7) is 1.34. The van der Waals surface area contributed by atoms with Crippen molar-refractivity contribution in [2.75, 3.05) is 18.5 Å². The number of ether oxygens (including phenoxy) is 1. The van der Waals surface area contributed by atoms with Gasteiger partial charge in [-0.3, -0.25) is 0 Å². The minimum absolute atomic E-state index is 0.0525. The predicted octanol–water partition coefficient (Wildman–Crippen LogP) is 1.16. The maximum atomic E-state index is 10.9. The number of nitrogens with one attached hydrogen (secondary N) is 1. The molecule has 1 aliphatic rings. The van der Waals surface area contributed by atoms with Crippen molar-refractivity contribution in [3.63, 3.8) is 0 Å². The van der Waals surface area contributed by atoms with E-state index in [-0.39, 0.29) is 11.8 Å². The number of rotatable bonds is 4. The highest BCUT2D eigenvalue weighted by Gasteiger charge is 2.16. The van der Waals surface area contributed by atoms with E-state index in [1.54, 1.807) is 0 Å². The third kappa shape index (κ3) is 3.13. The van der Waals surface area contributed by atoms with Crippen molar-refractivity contribution in [3.05, 3.63) is 18.1 Å². The van der Waals surface area contributed by atoms with Gasteiger partial charge in [-0.15, -0.1) is 0 Å². The molecule has 2 rings (SSSR count). The van der Waals surface area contributed by atoms with Crippen molar-refractivity contribution in [2.45, 2.75) is 25.4 Å². The fourth-order valence-corrected chi connectivity index (χ4v) is 1.80. The van der Waals surface area contributed by atoms with E-state index in [9.17, 15) is 4.79 Å². The van der Waals surface area contributed by atoms with Crippen molar-refractivity contribution in [1.82, 2.24) is 9.97 Å². The van der Waals surface area contributed by atoms with Crippen molar-refractivity contribution in [2.24, 2.45) is 0 Å². The molecule has 0 saturated carbocycles. The second-order valence-electron chi connectivity index (χ2n) is 3.93. The number of nitrogens with zero attached hydrogens (tertiary/aromatic N) is 2. The van der Waals surface area contributed by atoms with Crippen LogP contribution in [0.1, 0.15) is 29.8 Å². The minimum Gasteiger partial charge on any atom is -0.476 e. The Hall–Kier alpha value is -1.69. The second kappa shape index (κ2) is 5.58. The molecule has 1 aliphatic heterocycles. The smallest absolute Gasteiger partial charge is 0.358 e. The fourth-order valence-electron chi connectivity index (χ4n) is 1.80. The molecule has 6 heteroatoms. The molecule has 92 valence electrons. The standard InChI is InChI=1S/C11H15N3O3/c15-11(16)9-10(13-5-4-12-9)14-7-8-3-1-2-6-17-8/h4-5,8H,1-3,6-7H2,(H,13,14)(H,15,16). The summed E-state index contributed by atoms with van der Waals surface area (Å²) >= 11 is 0. The topological polar surface area (TPSA) is 84.3 Å². The van der Waals surface area contributed by atoms with Gasteiger partial charge >= 0.3 is 5.97 Å². The van der Waals surface area contributed by atoms with Crippen LogP contribution in [0, 0.1) is 0 Å². The Kier molecular flexibility index (Phi) is 3.87. The summed E-state index contributed by atoms with van der Waals surface area (Å²) in [5.41, 5.74) is -0.0525. The lowest BCUT2D eigenvalue weighted by Gasteiger charge is -2.23. The van der Waals surface area contributed by atoms with Gasteiger partial charge in [-0.05, 0) is 19.3 Å². The summed E-state index contributed by atoms with van der Waals surface area (Å²) in [6.07, 6.45) is 6.21. The lowest BCUT2D eigenvalue weighted by molar-refractivity contribution is 0.0247. The average molecular weight is 237 g/mol. The van der Waals surface area contributed by atoms with Crippen LogP contribution in [-0.4, -0.2) is 40.3 Å². The molecule has 0 spiro atoms. The lowest BCUT2D eigenvalue weighted by Crippen LogP contribution is -2.28. The average Bonchev–Trinajstić information content (AvgIpc) is 2.38. The van der Waals surface area contributed by atoms with Gasteiger partial charge in [0.2, 0.25) is 0 Å². The maximum Gasteiger partial charge on any atom is 0.358 e. The van der Waals surface area contributed by atoms with Gasteiger partial charge in [-0.25, -0.2) is 14.8 Å². The lowest BCUT2D eigenvalue weighted by atomic mass is 10.1. The van der Waals surface area contributed by atoms with Gasteiger partial charge in [-0.2, -0.15) is 0 Å². The number of aromatic carboxylic acids is 1. The molecule has 17 heavy (non-hydrogen) atoms. The zero-order chi connectivity index (χ0) is 12.1. The largest absolute Gasteiger partial charge is 0.476 e. The molecule has 1 unspecified atom stereocenters. The van der Waals surface area contributed by atoms with Crippen molar-refractivity contribution in [3.8, 4) is 0 Å². The van der Waals surface area contributed by atoms with Gasteiger partial charge in [-0.1, -0.05) is 0 Å². The molecular formula is C11H15N3O3. The molecule has 1 saturated heterocycles. The summed E-state index contributed by atoms with van der Waals surface area (Å²) in [5.74, 6) is -0.778. The van der Waals surface area contributed by atoms with Gasteiger partial charge in [0.1, 0.15) is 0 Å². The van der Waals surface area contributed by atoms with Crippen molar-refractivity contribution in [1.29, 1.82) is 0 Å². The Labute approximate surface area is 99.0 Å². The number of carbonyl (C=O) groups is 1. The van der Waals surface area contributed by atoms with Crippen LogP contribution < -0.4 is 5.32 Å². The number of carboxylic acids is 1. The summed E-state index contributed by atoms with van der Waals surface area (Å²) in [4.78, 5) is 18.7. The molecule has 2 heterocycles. The Bertz CT molecular complexity index is 391. The van der Waals surface area contributed by atoms with E-state index < -0.39 is 5.97 Å². The predicted molar refractivity (Wildman–Crippen MR) is 61.1 cm³/mol. The summed E-state index contributed by atoms with van der Waals surface area (Å²) in [7, 11) is 0. The van der Waals surface area contributed by atoms with Crippen LogP contribution in [0.3, 0.4) is 0 Å². The Balaban J connectivity index is 1.96. The van der Waals surface area contributed by atoms with Gasteiger partial charge in [0.15, 0.2) is 11.5 Å². The van der Waals surface area contributed by atoms with Gasteiger partial charge in [0, 0.05) is 25.5 Å². The van der Waals surface area contributed by atoms with E-state index in [1.807, 2.05) is 0 Å². The van der Waals surface area contributed by atoms with E-state index in [0.717, 1.165) is 25.9 Å². The van der Waals surface area contributed by atoms with E-state index in [0.29, 0.717) is 12.4 Å². The Morgan fingerprint density at radius 1 is 1.47 bits per heavy atom. The SMILES string of the molecule is O=C(O)c1nccnc1NCC1CCCCO1.